The first-order valence-corrected chi connectivity index (χ1v) is 10.5. The summed E-state index contributed by atoms with van der Waals surface area (Å²) in [4.78, 5) is 7.46. The van der Waals surface area contributed by atoms with E-state index in [-0.39, 0.29) is 0 Å². The minimum atomic E-state index is -3.41. The number of rotatable bonds is 5. The summed E-state index contributed by atoms with van der Waals surface area (Å²) in [5.41, 5.74) is 5.15. The highest BCUT2D eigenvalue weighted by molar-refractivity contribution is 7.92. The fourth-order valence-corrected chi connectivity index (χ4v) is 3.78. The summed E-state index contributed by atoms with van der Waals surface area (Å²) in [6.45, 7) is 0. The Morgan fingerprint density at radius 3 is 2.54 bits per heavy atom. The second-order valence-corrected chi connectivity index (χ2v) is 8.26. The van der Waals surface area contributed by atoms with Gasteiger partial charge in [-0.05, 0) is 53.1 Å². The molecule has 0 amide bonds. The van der Waals surface area contributed by atoms with Crippen molar-refractivity contribution in [2.45, 2.75) is 0 Å². The number of anilines is 1. The van der Waals surface area contributed by atoms with Gasteiger partial charge in [-0.15, -0.1) is 0 Å². The Hall–Kier alpha value is -3.32. The number of hydrogen-bond acceptors (Lipinski definition) is 4. The van der Waals surface area contributed by atoms with Crippen LogP contribution in [-0.4, -0.2) is 31.8 Å². The molecular formula is C21H19N3O3S. The van der Waals surface area contributed by atoms with Crippen LogP contribution < -0.4 is 9.46 Å². The highest BCUT2D eigenvalue weighted by Crippen LogP contribution is 2.34. The molecule has 2 N–H and O–H groups in total. The second-order valence-electron chi connectivity index (χ2n) is 6.51. The normalized spacial score (nSPS) is 11.5. The lowest BCUT2D eigenvalue weighted by atomic mass is 9.97. The molecule has 0 saturated heterocycles. The third kappa shape index (κ3) is 3.70. The van der Waals surface area contributed by atoms with E-state index in [1.165, 1.54) is 0 Å². The molecule has 0 radical (unpaired) electrons. The van der Waals surface area contributed by atoms with Crippen molar-refractivity contribution in [3.8, 4) is 28.1 Å². The van der Waals surface area contributed by atoms with E-state index >= 15 is 0 Å². The summed E-state index contributed by atoms with van der Waals surface area (Å²) in [5, 5.41) is 1.07. The third-order valence-electron chi connectivity index (χ3n) is 4.42. The van der Waals surface area contributed by atoms with Gasteiger partial charge < -0.3 is 9.72 Å². The number of nitrogens with zero attached hydrogens (tertiary/aromatic N) is 1. The van der Waals surface area contributed by atoms with E-state index in [4.69, 9.17) is 4.74 Å². The molecule has 0 aliphatic heterocycles. The van der Waals surface area contributed by atoms with Gasteiger partial charge in [-0.3, -0.25) is 4.72 Å². The van der Waals surface area contributed by atoms with E-state index in [0.29, 0.717) is 11.6 Å². The molecule has 0 unspecified atom stereocenters. The molecule has 2 heterocycles. The lowest BCUT2D eigenvalue weighted by Gasteiger charge is -2.12. The largest absolute Gasteiger partial charge is 0.481 e. The van der Waals surface area contributed by atoms with Gasteiger partial charge in [0.05, 0.1) is 13.4 Å². The van der Waals surface area contributed by atoms with E-state index in [0.717, 1.165) is 39.4 Å². The number of fused-ring (bicyclic) bond motifs is 1. The van der Waals surface area contributed by atoms with Crippen LogP contribution in [0.3, 0.4) is 0 Å². The van der Waals surface area contributed by atoms with Crippen molar-refractivity contribution in [3.05, 3.63) is 67.0 Å². The van der Waals surface area contributed by atoms with Gasteiger partial charge >= 0.3 is 0 Å². The van der Waals surface area contributed by atoms with E-state index in [1.54, 1.807) is 25.4 Å². The predicted molar refractivity (Wildman–Crippen MR) is 112 cm³/mol. The summed E-state index contributed by atoms with van der Waals surface area (Å²) in [6, 6.07) is 17.3. The lowest BCUT2D eigenvalue weighted by Crippen LogP contribution is -2.09. The number of hydrogen-bond donors (Lipinski definition) is 2. The van der Waals surface area contributed by atoms with Gasteiger partial charge in [-0.2, -0.15) is 0 Å². The molecule has 0 bridgehead atoms. The lowest BCUT2D eigenvalue weighted by molar-refractivity contribution is 0.398. The van der Waals surface area contributed by atoms with Crippen LogP contribution in [0.15, 0.2) is 67.0 Å². The van der Waals surface area contributed by atoms with Crippen LogP contribution in [0.1, 0.15) is 0 Å². The van der Waals surface area contributed by atoms with E-state index in [1.807, 2.05) is 48.7 Å². The number of H-pyrrole nitrogens is 1. The van der Waals surface area contributed by atoms with Gasteiger partial charge in [0.15, 0.2) is 0 Å². The monoisotopic (exact) mass is 393 g/mol. The first kappa shape index (κ1) is 18.1. The Kier molecular flexibility index (Phi) is 4.52. The first-order chi connectivity index (χ1) is 13.4. The number of aromatic amines is 1. The molecule has 0 atom stereocenters. The first-order valence-electron chi connectivity index (χ1n) is 8.63. The van der Waals surface area contributed by atoms with Crippen LogP contribution in [0, 0.1) is 0 Å². The SMILES string of the molecule is COc1ccc(-c2cc(NS(C)(=O)=O)cc(-c3cccc4[nH]ccc34)c2)cn1. The minimum Gasteiger partial charge on any atom is -0.481 e. The Balaban J connectivity index is 1.90. The Labute approximate surface area is 163 Å². The summed E-state index contributed by atoms with van der Waals surface area (Å²) in [7, 11) is -1.85. The van der Waals surface area contributed by atoms with Crippen molar-refractivity contribution >= 4 is 26.6 Å². The van der Waals surface area contributed by atoms with Crippen LogP contribution in [0.4, 0.5) is 5.69 Å². The van der Waals surface area contributed by atoms with E-state index in [9.17, 15) is 8.42 Å². The molecule has 0 saturated carbocycles. The molecule has 2 aromatic heterocycles. The Morgan fingerprint density at radius 1 is 1.00 bits per heavy atom. The number of sulfonamides is 1. The number of benzene rings is 2. The maximum Gasteiger partial charge on any atom is 0.229 e. The van der Waals surface area contributed by atoms with Crippen molar-refractivity contribution in [1.82, 2.24) is 9.97 Å². The molecule has 6 nitrogen and oxygen atoms in total. The summed E-state index contributed by atoms with van der Waals surface area (Å²) in [6.07, 6.45) is 4.74. The van der Waals surface area contributed by atoms with Crippen molar-refractivity contribution in [2.24, 2.45) is 0 Å². The summed E-state index contributed by atoms with van der Waals surface area (Å²) in [5.74, 6) is 0.520. The number of ether oxygens (including phenoxy) is 1. The molecule has 142 valence electrons. The van der Waals surface area contributed by atoms with Crippen LogP contribution >= 0.6 is 0 Å². The van der Waals surface area contributed by atoms with Crippen molar-refractivity contribution < 1.29 is 13.2 Å². The van der Waals surface area contributed by atoms with Crippen molar-refractivity contribution in [3.63, 3.8) is 0 Å². The highest BCUT2D eigenvalue weighted by atomic mass is 32.2. The molecule has 0 aliphatic carbocycles. The quantitative estimate of drug-likeness (QED) is 0.530. The molecule has 28 heavy (non-hydrogen) atoms. The fraction of sp³-hybridized carbons (Fsp3) is 0.0952. The van der Waals surface area contributed by atoms with Gasteiger partial charge in [0.1, 0.15) is 0 Å². The van der Waals surface area contributed by atoms with Crippen LogP contribution in [0.25, 0.3) is 33.2 Å². The maximum atomic E-state index is 11.8. The molecule has 0 aliphatic rings. The fourth-order valence-electron chi connectivity index (χ4n) is 3.23. The van der Waals surface area contributed by atoms with Gasteiger partial charge in [0.25, 0.3) is 0 Å². The molecule has 4 rings (SSSR count). The molecular weight excluding hydrogens is 374 g/mol. The highest BCUT2D eigenvalue weighted by Gasteiger charge is 2.11. The molecule has 0 fully saturated rings. The number of aromatic nitrogens is 2. The third-order valence-corrected chi connectivity index (χ3v) is 5.03. The van der Waals surface area contributed by atoms with Gasteiger partial charge in [0.2, 0.25) is 15.9 Å². The van der Waals surface area contributed by atoms with Crippen molar-refractivity contribution in [2.75, 3.05) is 18.1 Å². The molecule has 0 spiro atoms. The smallest absolute Gasteiger partial charge is 0.229 e. The van der Waals surface area contributed by atoms with Gasteiger partial charge in [-0.25, -0.2) is 13.4 Å². The average molecular weight is 393 g/mol. The summed E-state index contributed by atoms with van der Waals surface area (Å²) >= 11 is 0. The Morgan fingerprint density at radius 2 is 1.82 bits per heavy atom. The zero-order valence-corrected chi connectivity index (χ0v) is 16.2. The zero-order chi connectivity index (χ0) is 19.7. The molecule has 7 heteroatoms. The van der Waals surface area contributed by atoms with E-state index < -0.39 is 10.0 Å². The van der Waals surface area contributed by atoms with Crippen LogP contribution in [-0.2, 0) is 10.0 Å². The molecule has 2 aromatic carbocycles. The maximum absolute atomic E-state index is 11.8. The predicted octanol–water partition coefficient (Wildman–Crippen LogP) is 4.28. The number of pyridine rings is 1. The topological polar surface area (TPSA) is 84.1 Å². The number of methoxy groups -OCH3 is 1. The van der Waals surface area contributed by atoms with Crippen LogP contribution in [0.5, 0.6) is 5.88 Å². The standard InChI is InChI=1S/C21H19N3O3S/c1-27-21-7-6-14(13-23-21)15-10-16(12-17(11-15)24-28(2,25)26)18-4-3-5-20-19(18)8-9-22-20/h3-13,22,24H,1-2H3. The Bertz CT molecular complexity index is 1250. The van der Waals surface area contributed by atoms with Gasteiger partial charge in [0, 0.05) is 40.6 Å². The van der Waals surface area contributed by atoms with Gasteiger partial charge in [-0.1, -0.05) is 12.1 Å². The minimum absolute atomic E-state index is 0.498. The summed E-state index contributed by atoms with van der Waals surface area (Å²) < 4.78 is 31.3. The average Bonchev–Trinajstić information content (AvgIpc) is 3.15. The number of nitrogens with one attached hydrogen (secondary N) is 2. The second kappa shape index (κ2) is 7.01. The molecule has 4 aromatic rings. The van der Waals surface area contributed by atoms with E-state index in [2.05, 4.69) is 14.7 Å². The zero-order valence-electron chi connectivity index (χ0n) is 15.4. The van der Waals surface area contributed by atoms with Crippen molar-refractivity contribution in [1.29, 1.82) is 0 Å². The van der Waals surface area contributed by atoms with Crippen LogP contribution in [0.2, 0.25) is 0 Å².